The number of methoxy groups -OCH3 is 2. The van der Waals surface area contributed by atoms with Gasteiger partial charge in [0.25, 0.3) is 0 Å². The normalized spacial score (nSPS) is 10.8. The highest BCUT2D eigenvalue weighted by molar-refractivity contribution is 7.92. The summed E-state index contributed by atoms with van der Waals surface area (Å²) in [4.78, 5) is 12.0. The van der Waals surface area contributed by atoms with E-state index in [9.17, 15) is 13.2 Å². The van der Waals surface area contributed by atoms with Crippen LogP contribution in [0.5, 0.6) is 11.5 Å². The van der Waals surface area contributed by atoms with E-state index in [-0.39, 0.29) is 13.1 Å². The maximum absolute atomic E-state index is 12.2. The first-order valence-corrected chi connectivity index (χ1v) is 9.99. The van der Waals surface area contributed by atoms with Gasteiger partial charge in [-0.2, -0.15) is 0 Å². The number of urea groups is 1. The smallest absolute Gasteiger partial charge is 0.319 e. The van der Waals surface area contributed by atoms with E-state index in [1.165, 1.54) is 18.5 Å². The quantitative estimate of drug-likeness (QED) is 0.717. The predicted octanol–water partition coefficient (Wildman–Crippen LogP) is 2.29. The fourth-order valence-corrected chi connectivity index (χ4v) is 3.35. The summed E-state index contributed by atoms with van der Waals surface area (Å²) >= 11 is 0. The van der Waals surface area contributed by atoms with E-state index in [0.717, 1.165) is 6.26 Å². The fraction of sp³-hybridized carbons (Fsp3) is 0.278. The Kier molecular flexibility index (Phi) is 6.89. The van der Waals surface area contributed by atoms with E-state index < -0.39 is 16.1 Å². The Hall–Kier alpha value is -2.94. The van der Waals surface area contributed by atoms with E-state index >= 15 is 0 Å². The molecule has 0 aliphatic heterocycles. The zero-order valence-corrected chi connectivity index (χ0v) is 16.2. The number of rotatable bonds is 8. The Labute approximate surface area is 159 Å². The van der Waals surface area contributed by atoms with Gasteiger partial charge in [0.15, 0.2) is 0 Å². The summed E-state index contributed by atoms with van der Waals surface area (Å²) in [5, 5.41) is 5.31. The predicted molar refractivity (Wildman–Crippen MR) is 105 cm³/mol. The van der Waals surface area contributed by atoms with E-state index in [1.54, 1.807) is 42.5 Å². The van der Waals surface area contributed by atoms with Gasteiger partial charge in [-0.15, -0.1) is 0 Å². The van der Waals surface area contributed by atoms with Crippen LogP contribution in [0.25, 0.3) is 0 Å². The summed E-state index contributed by atoms with van der Waals surface area (Å²) in [6.07, 6.45) is 1.10. The molecule has 0 aromatic heterocycles. The van der Waals surface area contributed by atoms with Crippen LogP contribution in [0.4, 0.5) is 16.2 Å². The second kappa shape index (κ2) is 9.13. The number of nitrogens with zero attached hydrogens (tertiary/aromatic N) is 1. The molecule has 0 aliphatic rings. The van der Waals surface area contributed by atoms with Crippen molar-refractivity contribution < 1.29 is 22.7 Å². The third-order valence-corrected chi connectivity index (χ3v) is 4.87. The topological polar surface area (TPSA) is 97.0 Å². The van der Waals surface area contributed by atoms with Crippen LogP contribution in [-0.2, 0) is 10.0 Å². The lowest BCUT2D eigenvalue weighted by molar-refractivity contribution is 0.252. The van der Waals surface area contributed by atoms with Crippen molar-refractivity contribution in [3.8, 4) is 11.5 Å². The van der Waals surface area contributed by atoms with Crippen LogP contribution in [0.15, 0.2) is 48.5 Å². The SMILES string of the molecule is COc1ccc(N(CCNC(=O)Nc2ccccc2)S(C)(=O)=O)c(OC)c1. The number of anilines is 2. The molecular weight excluding hydrogens is 370 g/mol. The van der Waals surface area contributed by atoms with Crippen LogP contribution >= 0.6 is 0 Å². The molecule has 2 aromatic rings. The van der Waals surface area contributed by atoms with Gasteiger partial charge in [-0.25, -0.2) is 13.2 Å². The molecule has 0 aliphatic carbocycles. The molecule has 0 saturated carbocycles. The van der Waals surface area contributed by atoms with Gasteiger partial charge in [0.2, 0.25) is 10.0 Å². The lowest BCUT2D eigenvalue weighted by atomic mass is 10.2. The van der Waals surface area contributed by atoms with Crippen LogP contribution in [-0.4, -0.2) is 48.0 Å². The molecule has 0 radical (unpaired) electrons. The fourth-order valence-electron chi connectivity index (χ4n) is 2.42. The van der Waals surface area contributed by atoms with Gasteiger partial charge in [0, 0.05) is 18.3 Å². The number of carbonyl (C=O) groups is 1. The van der Waals surface area contributed by atoms with Gasteiger partial charge in [-0.05, 0) is 24.3 Å². The summed E-state index contributed by atoms with van der Waals surface area (Å²) in [5.41, 5.74) is 1.01. The van der Waals surface area contributed by atoms with Crippen molar-refractivity contribution >= 4 is 27.4 Å². The lowest BCUT2D eigenvalue weighted by Crippen LogP contribution is -2.39. The number of ether oxygens (including phenoxy) is 2. The zero-order chi connectivity index (χ0) is 19.9. The molecule has 146 valence electrons. The molecule has 0 spiro atoms. The van der Waals surface area contributed by atoms with Gasteiger partial charge in [0.1, 0.15) is 11.5 Å². The number of nitrogens with one attached hydrogen (secondary N) is 2. The van der Waals surface area contributed by atoms with Gasteiger partial charge in [0.05, 0.1) is 32.7 Å². The minimum Gasteiger partial charge on any atom is -0.497 e. The molecule has 2 N–H and O–H groups in total. The zero-order valence-electron chi connectivity index (χ0n) is 15.4. The molecule has 0 atom stereocenters. The highest BCUT2D eigenvalue weighted by Crippen LogP contribution is 2.33. The summed E-state index contributed by atoms with van der Waals surface area (Å²) in [6.45, 7) is 0.157. The van der Waals surface area contributed by atoms with Crippen LogP contribution in [0.1, 0.15) is 0 Å². The molecule has 2 rings (SSSR count). The Morgan fingerprint density at radius 2 is 1.78 bits per heavy atom. The van der Waals surface area contributed by atoms with E-state index in [2.05, 4.69) is 10.6 Å². The number of carbonyl (C=O) groups excluding carboxylic acids is 1. The van der Waals surface area contributed by atoms with E-state index in [1.807, 2.05) is 6.07 Å². The van der Waals surface area contributed by atoms with Crippen molar-refractivity contribution in [2.75, 3.05) is 43.2 Å². The summed E-state index contributed by atoms with van der Waals surface area (Å²) in [5.74, 6) is 0.901. The summed E-state index contributed by atoms with van der Waals surface area (Å²) in [7, 11) is -0.625. The molecule has 2 amide bonds. The summed E-state index contributed by atoms with van der Waals surface area (Å²) in [6, 6.07) is 13.4. The second-order valence-corrected chi connectivity index (χ2v) is 7.53. The van der Waals surface area contributed by atoms with Crippen molar-refractivity contribution in [2.24, 2.45) is 0 Å². The first-order chi connectivity index (χ1) is 12.8. The molecule has 0 bridgehead atoms. The molecule has 9 heteroatoms. The van der Waals surface area contributed by atoms with Crippen molar-refractivity contribution in [2.45, 2.75) is 0 Å². The van der Waals surface area contributed by atoms with E-state index in [0.29, 0.717) is 22.9 Å². The van der Waals surface area contributed by atoms with Crippen molar-refractivity contribution in [3.63, 3.8) is 0 Å². The molecule has 0 heterocycles. The Morgan fingerprint density at radius 3 is 2.37 bits per heavy atom. The first-order valence-electron chi connectivity index (χ1n) is 8.15. The van der Waals surface area contributed by atoms with Crippen LogP contribution in [0.3, 0.4) is 0 Å². The van der Waals surface area contributed by atoms with Crippen molar-refractivity contribution in [1.29, 1.82) is 0 Å². The monoisotopic (exact) mass is 393 g/mol. The minimum atomic E-state index is -3.59. The van der Waals surface area contributed by atoms with Gasteiger partial charge < -0.3 is 20.1 Å². The van der Waals surface area contributed by atoms with Gasteiger partial charge in [-0.3, -0.25) is 4.31 Å². The molecule has 27 heavy (non-hydrogen) atoms. The largest absolute Gasteiger partial charge is 0.497 e. The molecule has 8 nitrogen and oxygen atoms in total. The van der Waals surface area contributed by atoms with Crippen LogP contribution < -0.4 is 24.4 Å². The van der Waals surface area contributed by atoms with Crippen molar-refractivity contribution in [1.82, 2.24) is 5.32 Å². The average molecular weight is 393 g/mol. The number of sulfonamides is 1. The molecule has 2 aromatic carbocycles. The third-order valence-electron chi connectivity index (χ3n) is 3.69. The van der Waals surface area contributed by atoms with Crippen molar-refractivity contribution in [3.05, 3.63) is 48.5 Å². The average Bonchev–Trinajstić information content (AvgIpc) is 2.64. The summed E-state index contributed by atoms with van der Waals surface area (Å²) < 4.78 is 36.1. The second-order valence-electron chi connectivity index (χ2n) is 5.62. The number of benzene rings is 2. The van der Waals surface area contributed by atoms with E-state index in [4.69, 9.17) is 9.47 Å². The number of amides is 2. The highest BCUT2D eigenvalue weighted by Gasteiger charge is 2.21. The van der Waals surface area contributed by atoms with Crippen LogP contribution in [0.2, 0.25) is 0 Å². The standard InChI is InChI=1S/C18H23N3O5S/c1-25-15-9-10-16(17(13-15)26-2)21(27(3,23)24)12-11-19-18(22)20-14-7-5-4-6-8-14/h4-10,13H,11-12H2,1-3H3,(H2,19,20,22). The highest BCUT2D eigenvalue weighted by atomic mass is 32.2. The number of hydrogen-bond donors (Lipinski definition) is 2. The molecule has 0 fully saturated rings. The van der Waals surface area contributed by atoms with Gasteiger partial charge >= 0.3 is 6.03 Å². The molecule has 0 saturated heterocycles. The van der Waals surface area contributed by atoms with Crippen LogP contribution in [0, 0.1) is 0 Å². The number of para-hydroxylation sites is 1. The Bertz CT molecular complexity index is 872. The molecular formula is C18H23N3O5S. The Morgan fingerprint density at radius 1 is 1.07 bits per heavy atom. The minimum absolute atomic E-state index is 0.0454. The number of hydrogen-bond acceptors (Lipinski definition) is 5. The molecule has 0 unspecified atom stereocenters. The Balaban J connectivity index is 2.07. The maximum Gasteiger partial charge on any atom is 0.319 e. The lowest BCUT2D eigenvalue weighted by Gasteiger charge is -2.24. The first kappa shape index (κ1) is 20.4. The van der Waals surface area contributed by atoms with Gasteiger partial charge in [-0.1, -0.05) is 18.2 Å². The third kappa shape index (κ3) is 5.78. The maximum atomic E-state index is 12.2.